The summed E-state index contributed by atoms with van der Waals surface area (Å²) in [5.41, 5.74) is 0.143. The van der Waals surface area contributed by atoms with Crippen molar-refractivity contribution in [1.82, 2.24) is 5.32 Å². The van der Waals surface area contributed by atoms with E-state index in [1.54, 1.807) is 0 Å². The first-order chi connectivity index (χ1) is 20.4. The van der Waals surface area contributed by atoms with E-state index >= 15 is 0 Å². The lowest BCUT2D eigenvalue weighted by atomic mass is 9.66. The number of Topliss-reactive ketones (excluding diaryl/α,β-unsaturated/α-hetero) is 1. The lowest BCUT2D eigenvalue weighted by Gasteiger charge is -2.47. The van der Waals surface area contributed by atoms with E-state index < -0.39 is 22.7 Å². The summed E-state index contributed by atoms with van der Waals surface area (Å²) in [4.78, 5) is 38.5. The molecule has 0 radical (unpaired) electrons. The first-order valence-electron chi connectivity index (χ1n) is 16.9. The van der Waals surface area contributed by atoms with Crippen LogP contribution in [0, 0.1) is 11.3 Å². The van der Waals surface area contributed by atoms with Gasteiger partial charge >= 0.3 is 12.1 Å². The molecule has 1 fully saturated rings. The van der Waals surface area contributed by atoms with Crippen LogP contribution in [0.3, 0.4) is 0 Å². The maximum absolute atomic E-state index is 13.8. The van der Waals surface area contributed by atoms with Gasteiger partial charge in [-0.2, -0.15) is 0 Å². The molecule has 1 heterocycles. The number of fused-ring (bicyclic) bond motifs is 3. The van der Waals surface area contributed by atoms with Gasteiger partial charge in [0.1, 0.15) is 28.5 Å². The van der Waals surface area contributed by atoms with Crippen LogP contribution in [-0.2, 0) is 19.7 Å². The second-order valence-electron chi connectivity index (χ2n) is 15.9. The van der Waals surface area contributed by atoms with Gasteiger partial charge in [-0.05, 0) is 97.3 Å². The zero-order chi connectivity index (χ0) is 32.9. The molecule has 0 saturated heterocycles. The summed E-state index contributed by atoms with van der Waals surface area (Å²) in [6.07, 6.45) is 9.22. The first kappa shape index (κ1) is 35.9. The molecule has 0 aromatic heterocycles. The van der Waals surface area contributed by atoms with E-state index in [0.29, 0.717) is 31.6 Å². The van der Waals surface area contributed by atoms with Crippen LogP contribution in [0.2, 0.25) is 0 Å². The first-order valence-corrected chi connectivity index (χ1v) is 16.9. The van der Waals surface area contributed by atoms with Crippen molar-refractivity contribution in [3.05, 3.63) is 23.3 Å². The molecule has 2 atom stereocenters. The summed E-state index contributed by atoms with van der Waals surface area (Å²) in [6.45, 7) is 20.8. The summed E-state index contributed by atoms with van der Waals surface area (Å²) >= 11 is 0. The van der Waals surface area contributed by atoms with Gasteiger partial charge < -0.3 is 19.5 Å². The zero-order valence-corrected chi connectivity index (χ0v) is 29.2. The normalized spacial score (nSPS) is 19.8. The number of rotatable bonds is 13. The number of hydrogen-bond acceptors (Lipinski definition) is 6. The number of ketones is 1. The van der Waals surface area contributed by atoms with Crippen molar-refractivity contribution in [1.29, 1.82) is 0 Å². The minimum absolute atomic E-state index is 0.0402. The Morgan fingerprint density at radius 2 is 1.66 bits per heavy atom. The number of unbranched alkanes of at least 4 members (excludes halogenated alkanes) is 4. The highest BCUT2D eigenvalue weighted by atomic mass is 16.6. The predicted octanol–water partition coefficient (Wildman–Crippen LogP) is 9.19. The van der Waals surface area contributed by atoms with Crippen LogP contribution in [0.5, 0.6) is 11.5 Å². The molecule has 248 valence electrons. The van der Waals surface area contributed by atoms with Crippen LogP contribution in [0.25, 0.3) is 0 Å². The third-order valence-electron chi connectivity index (χ3n) is 9.50. The van der Waals surface area contributed by atoms with Gasteiger partial charge in [0.05, 0.1) is 5.41 Å². The molecule has 1 N–H and O–H groups in total. The van der Waals surface area contributed by atoms with E-state index in [0.717, 1.165) is 49.0 Å². The molecule has 1 saturated carbocycles. The monoisotopic (exact) mass is 613 g/mol. The summed E-state index contributed by atoms with van der Waals surface area (Å²) in [6, 6.07) is 4.20. The molecule has 0 bridgehead atoms. The average molecular weight is 614 g/mol. The average Bonchev–Trinajstić information content (AvgIpc) is 2.89. The second kappa shape index (κ2) is 14.2. The number of carbonyl (C=O) groups excluding carboxylic acids is 3. The molecule has 1 aliphatic heterocycles. The van der Waals surface area contributed by atoms with E-state index in [4.69, 9.17) is 14.2 Å². The van der Waals surface area contributed by atoms with Crippen molar-refractivity contribution in [2.24, 2.45) is 11.3 Å². The largest absolute Gasteiger partial charge is 0.487 e. The Balaban J connectivity index is 1.83. The molecule has 1 aromatic carbocycles. The fourth-order valence-electron chi connectivity index (χ4n) is 6.70. The Kier molecular flexibility index (Phi) is 11.6. The fraction of sp³-hybridized carbons (Fsp3) is 0.757. The van der Waals surface area contributed by atoms with E-state index in [1.807, 2.05) is 34.6 Å². The number of alkyl carbamates (subject to hydrolysis) is 1. The Labute approximate surface area is 266 Å². The molecule has 7 nitrogen and oxygen atoms in total. The smallest absolute Gasteiger partial charge is 0.407 e. The van der Waals surface area contributed by atoms with Gasteiger partial charge in [0.25, 0.3) is 0 Å². The standard InChI is InChI=1S/C37H59NO6/c1-11-12-13-14-19-35(5,6)25-22-29(31-27-24-26(39)17-18-28(27)37(9,10)43-30(31)23-25)42-32(40)36(7,8)20-15-16-21-38-33(41)44-34(2,3)4/h22-23,27-28H,11-21,24H2,1-10H3,(H,38,41)/t27-,28+/m1/s1. The van der Waals surface area contributed by atoms with Gasteiger partial charge in [0, 0.05) is 36.8 Å². The summed E-state index contributed by atoms with van der Waals surface area (Å²) < 4.78 is 18.3. The number of carbonyl (C=O) groups is 3. The SMILES string of the molecule is CCCCCCC(C)(C)c1cc(OC(=O)C(C)(C)CCCCNC(=O)OC(C)(C)C)c2c(c1)OC(C)(C)[C@H]1CCC(=O)C[C@@H]21. The van der Waals surface area contributed by atoms with Crippen LogP contribution in [0.1, 0.15) is 157 Å². The van der Waals surface area contributed by atoms with Gasteiger partial charge in [-0.1, -0.05) is 52.9 Å². The molecule has 1 aliphatic carbocycles. The molecule has 1 amide bonds. The Morgan fingerprint density at radius 1 is 0.977 bits per heavy atom. The molecule has 2 aliphatic rings. The number of esters is 1. The van der Waals surface area contributed by atoms with Gasteiger partial charge in [0.15, 0.2) is 0 Å². The summed E-state index contributed by atoms with van der Waals surface area (Å²) in [5, 5.41) is 2.79. The van der Waals surface area contributed by atoms with E-state index in [2.05, 4.69) is 52.1 Å². The van der Waals surface area contributed by atoms with E-state index in [1.165, 1.54) is 19.3 Å². The van der Waals surface area contributed by atoms with Crippen molar-refractivity contribution in [3.8, 4) is 11.5 Å². The summed E-state index contributed by atoms with van der Waals surface area (Å²) in [5.74, 6) is 1.39. The van der Waals surface area contributed by atoms with Crippen LogP contribution in [0.4, 0.5) is 4.79 Å². The molecule has 0 unspecified atom stereocenters. The van der Waals surface area contributed by atoms with Gasteiger partial charge in [0.2, 0.25) is 0 Å². The third kappa shape index (κ3) is 9.47. The maximum atomic E-state index is 13.8. The lowest BCUT2D eigenvalue weighted by molar-refractivity contribution is -0.144. The van der Waals surface area contributed by atoms with Crippen molar-refractivity contribution in [2.75, 3.05) is 6.54 Å². The van der Waals surface area contributed by atoms with E-state index in [9.17, 15) is 14.4 Å². The van der Waals surface area contributed by atoms with Crippen molar-refractivity contribution >= 4 is 17.8 Å². The highest BCUT2D eigenvalue weighted by Crippen LogP contribution is 2.55. The molecular weight excluding hydrogens is 554 g/mol. The van der Waals surface area contributed by atoms with Crippen LogP contribution in [-0.4, -0.2) is 35.6 Å². The predicted molar refractivity (Wildman–Crippen MR) is 176 cm³/mol. The Bertz CT molecular complexity index is 1180. The zero-order valence-electron chi connectivity index (χ0n) is 29.2. The Morgan fingerprint density at radius 3 is 2.32 bits per heavy atom. The minimum Gasteiger partial charge on any atom is -0.487 e. The molecular formula is C37H59NO6. The number of ether oxygens (including phenoxy) is 3. The Hall–Kier alpha value is -2.57. The van der Waals surface area contributed by atoms with Crippen molar-refractivity contribution in [2.45, 2.75) is 162 Å². The number of benzene rings is 1. The van der Waals surface area contributed by atoms with Crippen LogP contribution < -0.4 is 14.8 Å². The summed E-state index contributed by atoms with van der Waals surface area (Å²) in [7, 11) is 0. The molecule has 7 heteroatoms. The van der Waals surface area contributed by atoms with E-state index in [-0.39, 0.29) is 29.0 Å². The van der Waals surface area contributed by atoms with Crippen LogP contribution >= 0.6 is 0 Å². The number of hydrogen-bond donors (Lipinski definition) is 1. The van der Waals surface area contributed by atoms with Crippen molar-refractivity contribution in [3.63, 3.8) is 0 Å². The lowest BCUT2D eigenvalue weighted by Crippen LogP contribution is -2.47. The number of amides is 1. The second-order valence-corrected chi connectivity index (χ2v) is 15.9. The molecule has 3 rings (SSSR count). The van der Waals surface area contributed by atoms with Gasteiger partial charge in [-0.25, -0.2) is 4.79 Å². The maximum Gasteiger partial charge on any atom is 0.407 e. The fourth-order valence-corrected chi connectivity index (χ4v) is 6.70. The molecule has 1 aromatic rings. The quantitative estimate of drug-likeness (QED) is 0.135. The minimum atomic E-state index is -0.735. The molecule has 44 heavy (non-hydrogen) atoms. The highest BCUT2D eigenvalue weighted by Gasteiger charge is 2.48. The third-order valence-corrected chi connectivity index (χ3v) is 9.50. The van der Waals surface area contributed by atoms with Crippen LogP contribution in [0.15, 0.2) is 12.1 Å². The van der Waals surface area contributed by atoms with Gasteiger partial charge in [-0.15, -0.1) is 0 Å². The topological polar surface area (TPSA) is 90.9 Å². The number of nitrogens with one attached hydrogen (secondary N) is 1. The molecule has 0 spiro atoms. The van der Waals surface area contributed by atoms with Crippen molar-refractivity contribution < 1.29 is 28.6 Å². The highest BCUT2D eigenvalue weighted by molar-refractivity contribution is 5.82. The van der Waals surface area contributed by atoms with Gasteiger partial charge in [-0.3, -0.25) is 9.59 Å².